The average molecular weight is 385 g/mol. The fourth-order valence-corrected chi connectivity index (χ4v) is 4.02. The Bertz CT molecular complexity index is 609. The highest BCUT2D eigenvalue weighted by molar-refractivity contribution is 7.98. The fraction of sp³-hybridized carbons (Fsp3) is 0.368. The molecule has 2 nitrogen and oxygen atoms in total. The largest absolute Gasteiger partial charge is 0.369 e. The quantitative estimate of drug-likeness (QED) is 0.730. The molecule has 0 unspecified atom stereocenters. The zero-order valence-electron chi connectivity index (χ0n) is 14.1. The van der Waals surface area contributed by atoms with Crippen LogP contribution < -0.4 is 10.2 Å². The van der Waals surface area contributed by atoms with Crippen LogP contribution in [-0.2, 0) is 0 Å². The van der Waals surface area contributed by atoms with Gasteiger partial charge in [-0.3, -0.25) is 0 Å². The molecule has 0 saturated carbocycles. The summed E-state index contributed by atoms with van der Waals surface area (Å²) in [6.07, 6.45) is 4.62. The molecular weight excluding hydrogens is 359 g/mol. The van der Waals surface area contributed by atoms with E-state index in [0.717, 1.165) is 6.54 Å². The zero-order valence-corrected chi connectivity index (χ0v) is 16.6. The number of hydrogen-bond acceptors (Lipinski definition) is 3. The van der Waals surface area contributed by atoms with Crippen LogP contribution in [0.15, 0.2) is 59.5 Å². The van der Waals surface area contributed by atoms with Crippen molar-refractivity contribution in [1.29, 1.82) is 0 Å². The third-order valence-corrected chi connectivity index (χ3v) is 5.33. The van der Waals surface area contributed by atoms with Gasteiger partial charge >= 0.3 is 0 Å². The van der Waals surface area contributed by atoms with Crippen molar-refractivity contribution in [1.82, 2.24) is 5.32 Å². The van der Waals surface area contributed by atoms with E-state index in [1.165, 1.54) is 29.0 Å². The van der Waals surface area contributed by atoms with Crippen molar-refractivity contribution in [2.45, 2.75) is 29.8 Å². The number of nitrogens with zero attached hydrogens (tertiary/aromatic N) is 1. The van der Waals surface area contributed by atoms with E-state index in [2.05, 4.69) is 78.1 Å². The summed E-state index contributed by atoms with van der Waals surface area (Å²) in [7, 11) is 2.24. The van der Waals surface area contributed by atoms with E-state index in [1.807, 2.05) is 11.8 Å². The predicted octanol–water partition coefficient (Wildman–Crippen LogP) is 5.18. The zero-order chi connectivity index (χ0) is 15.4. The molecule has 2 aromatic rings. The van der Waals surface area contributed by atoms with Crippen LogP contribution in [0.2, 0.25) is 0 Å². The van der Waals surface area contributed by atoms with Crippen LogP contribution in [0.1, 0.15) is 24.4 Å². The van der Waals surface area contributed by atoms with E-state index in [9.17, 15) is 0 Å². The minimum Gasteiger partial charge on any atom is -0.369 e. The van der Waals surface area contributed by atoms with E-state index in [1.54, 1.807) is 0 Å². The van der Waals surface area contributed by atoms with Gasteiger partial charge in [0.05, 0.1) is 11.7 Å². The summed E-state index contributed by atoms with van der Waals surface area (Å²) in [4.78, 5) is 3.82. The average Bonchev–Trinajstić information content (AvgIpc) is 2.62. The Hall–Kier alpha value is -0.870. The Morgan fingerprint density at radius 2 is 1.67 bits per heavy atom. The lowest BCUT2D eigenvalue weighted by Crippen LogP contribution is -2.47. The molecule has 1 fully saturated rings. The van der Waals surface area contributed by atoms with Crippen LogP contribution in [0.3, 0.4) is 0 Å². The highest BCUT2D eigenvalue weighted by atomic mass is 35.5. The Balaban J connectivity index is 0.00000144. The molecule has 2 aromatic carbocycles. The van der Waals surface area contributed by atoms with Crippen LogP contribution in [0.25, 0.3) is 0 Å². The van der Waals surface area contributed by atoms with E-state index >= 15 is 0 Å². The first kappa shape index (κ1) is 21.2. The lowest BCUT2D eigenvalue weighted by molar-refractivity contribution is 0.348. The number of piperidine rings is 1. The molecule has 1 N–H and O–H groups in total. The Labute approximate surface area is 162 Å². The predicted molar refractivity (Wildman–Crippen MR) is 111 cm³/mol. The van der Waals surface area contributed by atoms with Gasteiger partial charge in [0.1, 0.15) is 0 Å². The fourth-order valence-electron chi connectivity index (χ4n) is 3.39. The van der Waals surface area contributed by atoms with Gasteiger partial charge in [0, 0.05) is 18.0 Å². The van der Waals surface area contributed by atoms with Gasteiger partial charge in [-0.2, -0.15) is 0 Å². The smallest absolute Gasteiger partial charge is 0.0527 e. The van der Waals surface area contributed by atoms with Gasteiger partial charge in [-0.15, -0.1) is 36.6 Å². The second-order valence-electron chi connectivity index (χ2n) is 5.83. The molecule has 0 aromatic heterocycles. The molecular formula is C19H26Cl2N2S. The maximum absolute atomic E-state index is 3.73. The molecule has 2 atom stereocenters. The molecule has 1 aliphatic heterocycles. The summed E-state index contributed by atoms with van der Waals surface area (Å²) in [5.74, 6) is 0. The number of benzene rings is 2. The van der Waals surface area contributed by atoms with Crippen molar-refractivity contribution >= 4 is 42.3 Å². The van der Waals surface area contributed by atoms with Crippen molar-refractivity contribution in [2.75, 3.05) is 24.7 Å². The highest BCUT2D eigenvalue weighted by Gasteiger charge is 2.30. The number of para-hydroxylation sites is 1. The van der Waals surface area contributed by atoms with Gasteiger partial charge in [0.15, 0.2) is 0 Å². The summed E-state index contributed by atoms with van der Waals surface area (Å²) < 4.78 is 0. The molecule has 1 aliphatic rings. The van der Waals surface area contributed by atoms with Crippen molar-refractivity contribution < 1.29 is 0 Å². The van der Waals surface area contributed by atoms with Crippen LogP contribution in [-0.4, -0.2) is 25.9 Å². The Morgan fingerprint density at radius 3 is 2.38 bits per heavy atom. The van der Waals surface area contributed by atoms with Gasteiger partial charge in [0.25, 0.3) is 0 Å². The maximum atomic E-state index is 3.73. The Kier molecular flexibility index (Phi) is 8.99. The molecule has 1 heterocycles. The second-order valence-corrected chi connectivity index (χ2v) is 6.68. The SMILES string of the molecule is CSc1ccccc1N(C)[C@@H]1CCCN[C@@H]1c1ccccc1.Cl.Cl. The lowest BCUT2D eigenvalue weighted by atomic mass is 9.91. The van der Waals surface area contributed by atoms with E-state index < -0.39 is 0 Å². The first-order valence-corrected chi connectivity index (χ1v) is 9.18. The number of rotatable bonds is 4. The molecule has 0 amide bonds. The van der Waals surface area contributed by atoms with Crippen LogP contribution >= 0.6 is 36.6 Å². The molecule has 1 saturated heterocycles. The third kappa shape index (κ3) is 4.60. The lowest BCUT2D eigenvalue weighted by Gasteiger charge is -2.40. The van der Waals surface area contributed by atoms with Gasteiger partial charge in [-0.25, -0.2) is 0 Å². The van der Waals surface area contributed by atoms with Crippen LogP contribution in [0, 0.1) is 0 Å². The van der Waals surface area contributed by atoms with Gasteiger partial charge in [-0.05, 0) is 43.3 Å². The summed E-state index contributed by atoms with van der Waals surface area (Å²) in [6.45, 7) is 1.11. The van der Waals surface area contributed by atoms with Crippen molar-refractivity contribution in [3.63, 3.8) is 0 Å². The summed E-state index contributed by atoms with van der Waals surface area (Å²) in [6, 6.07) is 20.4. The maximum Gasteiger partial charge on any atom is 0.0527 e. The molecule has 5 heteroatoms. The number of thioether (sulfide) groups is 1. The standard InChI is InChI=1S/C19H24N2S.2ClH/c1-21(16-11-6-7-13-18(16)22-2)17-12-8-14-20-19(17)15-9-4-3-5-10-15;;/h3-7,9-11,13,17,19-20H,8,12,14H2,1-2H3;2*1H/t17-,19-;;/m1../s1. The normalized spacial score (nSPS) is 19.8. The molecule has 0 bridgehead atoms. The van der Waals surface area contributed by atoms with Crippen molar-refractivity contribution in [3.8, 4) is 0 Å². The summed E-state index contributed by atoms with van der Waals surface area (Å²) >= 11 is 1.82. The molecule has 0 spiro atoms. The first-order chi connectivity index (χ1) is 10.8. The van der Waals surface area contributed by atoms with E-state index in [0.29, 0.717) is 12.1 Å². The highest BCUT2D eigenvalue weighted by Crippen LogP contribution is 2.34. The van der Waals surface area contributed by atoms with E-state index in [4.69, 9.17) is 0 Å². The number of likely N-dealkylation sites (N-methyl/N-ethyl adjacent to an activating group) is 1. The number of halogens is 2. The first-order valence-electron chi connectivity index (χ1n) is 7.95. The molecule has 132 valence electrons. The third-order valence-electron chi connectivity index (χ3n) is 4.55. The number of anilines is 1. The Morgan fingerprint density at radius 1 is 1.00 bits per heavy atom. The summed E-state index contributed by atoms with van der Waals surface area (Å²) in [5.41, 5.74) is 2.73. The van der Waals surface area contributed by atoms with E-state index in [-0.39, 0.29) is 24.8 Å². The molecule has 0 radical (unpaired) electrons. The summed E-state index contributed by atoms with van der Waals surface area (Å²) in [5, 5.41) is 3.73. The molecule has 3 rings (SSSR count). The van der Waals surface area contributed by atoms with Gasteiger partial charge in [-0.1, -0.05) is 42.5 Å². The van der Waals surface area contributed by atoms with Crippen LogP contribution in [0.5, 0.6) is 0 Å². The van der Waals surface area contributed by atoms with Crippen LogP contribution in [0.4, 0.5) is 5.69 Å². The second kappa shape index (κ2) is 10.2. The van der Waals surface area contributed by atoms with Gasteiger partial charge in [0.2, 0.25) is 0 Å². The molecule has 0 aliphatic carbocycles. The van der Waals surface area contributed by atoms with Crippen molar-refractivity contribution in [3.05, 3.63) is 60.2 Å². The van der Waals surface area contributed by atoms with Crippen molar-refractivity contribution in [2.24, 2.45) is 0 Å². The topological polar surface area (TPSA) is 15.3 Å². The number of nitrogens with one attached hydrogen (secondary N) is 1. The molecule has 24 heavy (non-hydrogen) atoms. The minimum absolute atomic E-state index is 0. The monoisotopic (exact) mass is 384 g/mol. The van der Waals surface area contributed by atoms with Gasteiger partial charge < -0.3 is 10.2 Å². The number of hydrogen-bond donors (Lipinski definition) is 1. The minimum atomic E-state index is 0.